The van der Waals surface area contributed by atoms with Crippen molar-refractivity contribution in [2.75, 3.05) is 0 Å². The summed E-state index contributed by atoms with van der Waals surface area (Å²) in [5, 5.41) is 0.843. The quantitative estimate of drug-likeness (QED) is 0.591. The second-order valence-corrected chi connectivity index (χ2v) is 5.05. The fourth-order valence-corrected chi connectivity index (χ4v) is 1.96. The predicted octanol–water partition coefficient (Wildman–Crippen LogP) is 4.89. The molecule has 0 aliphatic rings. The summed E-state index contributed by atoms with van der Waals surface area (Å²) >= 11 is 11.6. The van der Waals surface area contributed by atoms with Crippen molar-refractivity contribution in [1.29, 1.82) is 0 Å². The summed E-state index contributed by atoms with van der Waals surface area (Å²) in [6.45, 7) is 0.116. The molecule has 0 atom stereocenters. The molecule has 0 aliphatic carbocycles. The summed E-state index contributed by atoms with van der Waals surface area (Å²) in [5.74, 6) is -1.08. The van der Waals surface area contributed by atoms with Crippen LogP contribution in [0.25, 0.3) is 6.08 Å². The Morgan fingerprint density at radius 1 is 1.14 bits per heavy atom. The number of carbonyl (C=O) groups excluding carboxylic acids is 1. The smallest absolute Gasteiger partial charge is 0.331 e. The Labute approximate surface area is 131 Å². The fourth-order valence-electron chi connectivity index (χ4n) is 1.60. The average Bonchev–Trinajstić information content (AvgIpc) is 2.46. The molecule has 0 amide bonds. The van der Waals surface area contributed by atoms with Gasteiger partial charge in [0.15, 0.2) is 0 Å². The van der Waals surface area contributed by atoms with E-state index in [2.05, 4.69) is 0 Å². The molecule has 2 aromatic carbocycles. The summed E-state index contributed by atoms with van der Waals surface area (Å²) in [4.78, 5) is 11.6. The summed E-state index contributed by atoms with van der Waals surface area (Å²) < 4.78 is 18.5. The lowest BCUT2D eigenvalue weighted by atomic mass is 10.2. The van der Waals surface area contributed by atoms with Gasteiger partial charge in [0.25, 0.3) is 0 Å². The number of carbonyl (C=O) groups is 1. The Kier molecular flexibility index (Phi) is 5.37. The zero-order valence-corrected chi connectivity index (χ0v) is 12.4. The van der Waals surface area contributed by atoms with Gasteiger partial charge in [0.1, 0.15) is 12.4 Å². The van der Waals surface area contributed by atoms with Gasteiger partial charge in [-0.2, -0.15) is 0 Å². The number of hydrogen-bond acceptors (Lipinski definition) is 2. The Morgan fingerprint density at radius 2 is 1.86 bits per heavy atom. The number of ether oxygens (including phenoxy) is 1. The number of halogens is 3. The van der Waals surface area contributed by atoms with Crippen LogP contribution in [0, 0.1) is 5.82 Å². The third kappa shape index (κ3) is 4.59. The second kappa shape index (κ2) is 7.25. The topological polar surface area (TPSA) is 26.3 Å². The Morgan fingerprint density at radius 3 is 2.52 bits per heavy atom. The third-order valence-electron chi connectivity index (χ3n) is 2.68. The molecule has 2 nitrogen and oxygen atoms in total. The first kappa shape index (κ1) is 15.5. The largest absolute Gasteiger partial charge is 0.458 e. The normalized spacial score (nSPS) is 10.8. The second-order valence-electron chi connectivity index (χ2n) is 4.20. The molecule has 21 heavy (non-hydrogen) atoms. The van der Waals surface area contributed by atoms with Crippen LogP contribution >= 0.6 is 23.2 Å². The lowest BCUT2D eigenvalue weighted by Gasteiger charge is -2.03. The van der Waals surface area contributed by atoms with Crippen molar-refractivity contribution >= 4 is 35.2 Å². The maximum atomic E-state index is 13.5. The summed E-state index contributed by atoms with van der Waals surface area (Å²) in [5.41, 5.74) is 0.965. The van der Waals surface area contributed by atoms with Gasteiger partial charge in [-0.05, 0) is 35.9 Å². The van der Waals surface area contributed by atoms with Gasteiger partial charge in [-0.15, -0.1) is 0 Å². The van der Waals surface area contributed by atoms with Gasteiger partial charge in [-0.25, -0.2) is 9.18 Å². The minimum Gasteiger partial charge on any atom is -0.458 e. The molecule has 5 heteroatoms. The first-order chi connectivity index (χ1) is 10.1. The van der Waals surface area contributed by atoms with E-state index in [0.717, 1.165) is 11.6 Å². The maximum absolute atomic E-state index is 13.5. The molecule has 2 rings (SSSR count). The van der Waals surface area contributed by atoms with E-state index in [0.29, 0.717) is 5.02 Å². The zero-order valence-electron chi connectivity index (χ0n) is 10.9. The molecule has 2 aromatic rings. The van der Waals surface area contributed by atoms with Crippen LogP contribution in [0.15, 0.2) is 48.5 Å². The van der Waals surface area contributed by atoms with E-state index in [1.807, 2.05) is 0 Å². The first-order valence-electron chi connectivity index (χ1n) is 6.09. The molecule has 108 valence electrons. The highest BCUT2D eigenvalue weighted by Gasteiger charge is 2.04. The Hall–Kier alpha value is -1.84. The molecule has 0 heterocycles. The van der Waals surface area contributed by atoms with Crippen LogP contribution in [0.1, 0.15) is 11.1 Å². The minimum absolute atomic E-state index is 0.116. The average molecular weight is 325 g/mol. The van der Waals surface area contributed by atoms with Gasteiger partial charge >= 0.3 is 5.97 Å². The highest BCUT2D eigenvalue weighted by molar-refractivity contribution is 6.32. The molecule has 0 saturated carbocycles. The van der Waals surface area contributed by atoms with E-state index in [-0.39, 0.29) is 17.2 Å². The zero-order chi connectivity index (χ0) is 15.2. The van der Waals surface area contributed by atoms with Gasteiger partial charge in [-0.3, -0.25) is 0 Å². The molecule has 0 aliphatic heterocycles. The highest BCUT2D eigenvalue weighted by Crippen LogP contribution is 2.20. The van der Waals surface area contributed by atoms with Crippen LogP contribution in [0.5, 0.6) is 0 Å². The van der Waals surface area contributed by atoms with Crippen molar-refractivity contribution in [2.24, 2.45) is 0 Å². The van der Waals surface area contributed by atoms with Gasteiger partial charge in [0.2, 0.25) is 0 Å². The SMILES string of the molecule is O=C(C=Cc1c(F)cccc1Cl)OCc1ccc(Cl)cc1. The molecule has 0 N–H and O–H groups in total. The molecule has 0 unspecified atom stereocenters. The molecule has 0 spiro atoms. The summed E-state index contributed by atoms with van der Waals surface area (Å²) in [6.07, 6.45) is 2.43. The maximum Gasteiger partial charge on any atom is 0.331 e. The van der Waals surface area contributed by atoms with E-state index < -0.39 is 11.8 Å². The van der Waals surface area contributed by atoms with Gasteiger partial charge in [-0.1, -0.05) is 41.4 Å². The monoisotopic (exact) mass is 324 g/mol. The van der Waals surface area contributed by atoms with Crippen molar-refractivity contribution in [3.8, 4) is 0 Å². The van der Waals surface area contributed by atoms with Crippen LogP contribution in [-0.4, -0.2) is 5.97 Å². The first-order valence-corrected chi connectivity index (χ1v) is 6.85. The van der Waals surface area contributed by atoms with Gasteiger partial charge in [0, 0.05) is 16.7 Å². The van der Waals surface area contributed by atoms with Crippen molar-refractivity contribution in [1.82, 2.24) is 0 Å². The van der Waals surface area contributed by atoms with Crippen molar-refractivity contribution < 1.29 is 13.9 Å². The fraction of sp³-hybridized carbons (Fsp3) is 0.0625. The van der Waals surface area contributed by atoms with Crippen LogP contribution in [0.3, 0.4) is 0 Å². The molecule has 0 saturated heterocycles. The van der Waals surface area contributed by atoms with E-state index >= 15 is 0 Å². The van der Waals surface area contributed by atoms with Crippen molar-refractivity contribution in [2.45, 2.75) is 6.61 Å². The molecule has 0 bridgehead atoms. The van der Waals surface area contributed by atoms with Crippen molar-refractivity contribution in [3.63, 3.8) is 0 Å². The molecular formula is C16H11Cl2FO2. The number of esters is 1. The number of benzene rings is 2. The minimum atomic E-state index is -0.579. The van der Waals surface area contributed by atoms with Crippen molar-refractivity contribution in [3.05, 3.63) is 75.5 Å². The lowest BCUT2D eigenvalue weighted by Crippen LogP contribution is -2.00. The Bertz CT molecular complexity index is 646. The standard InChI is InChI=1S/C16H11Cl2FO2/c17-12-6-4-11(5-7-12)10-21-16(20)9-8-13-14(18)2-1-3-15(13)19/h1-9H,10H2. The molecule has 0 fully saturated rings. The van der Waals surface area contributed by atoms with Crippen LogP contribution in [0.2, 0.25) is 10.0 Å². The molecular weight excluding hydrogens is 314 g/mol. The molecule has 0 radical (unpaired) electrons. The third-order valence-corrected chi connectivity index (χ3v) is 3.26. The number of hydrogen-bond donors (Lipinski definition) is 0. The van der Waals surface area contributed by atoms with Gasteiger partial charge in [0.05, 0.1) is 5.02 Å². The van der Waals surface area contributed by atoms with Crippen LogP contribution < -0.4 is 0 Å². The van der Waals surface area contributed by atoms with E-state index in [9.17, 15) is 9.18 Å². The van der Waals surface area contributed by atoms with Crippen LogP contribution in [-0.2, 0) is 16.1 Å². The van der Waals surface area contributed by atoms with E-state index in [1.54, 1.807) is 30.3 Å². The van der Waals surface area contributed by atoms with Crippen LogP contribution in [0.4, 0.5) is 4.39 Å². The summed E-state index contributed by atoms with van der Waals surface area (Å²) in [6, 6.07) is 11.2. The lowest BCUT2D eigenvalue weighted by molar-refractivity contribution is -0.138. The number of rotatable bonds is 4. The predicted molar refractivity (Wildman–Crippen MR) is 81.7 cm³/mol. The van der Waals surface area contributed by atoms with E-state index in [1.165, 1.54) is 18.2 Å². The summed E-state index contributed by atoms with van der Waals surface area (Å²) in [7, 11) is 0. The highest BCUT2D eigenvalue weighted by atomic mass is 35.5. The molecule has 0 aromatic heterocycles. The van der Waals surface area contributed by atoms with Gasteiger partial charge < -0.3 is 4.74 Å². The van der Waals surface area contributed by atoms with E-state index in [4.69, 9.17) is 27.9 Å². The Balaban J connectivity index is 1.95.